The molecule has 2 aromatic rings. The molecule has 0 spiro atoms. The van der Waals surface area contributed by atoms with E-state index in [1.165, 1.54) is 16.7 Å². The highest BCUT2D eigenvalue weighted by molar-refractivity contribution is 5.30. The molecule has 0 aliphatic carbocycles. The third-order valence-electron chi connectivity index (χ3n) is 3.70. The minimum Gasteiger partial charge on any atom is -0.319 e. The Hall–Kier alpha value is -1.74. The van der Waals surface area contributed by atoms with Crippen LogP contribution in [0.15, 0.2) is 24.3 Å². The monoisotopic (exact) mass is 269 g/mol. The normalized spacial score (nSPS) is 10.8. The fourth-order valence-electron chi connectivity index (χ4n) is 2.48. The Morgan fingerprint density at radius 1 is 1.00 bits per heavy atom. The molecule has 1 N–H and O–H groups in total. The molecule has 1 heterocycles. The van der Waals surface area contributed by atoms with E-state index in [0.717, 1.165) is 36.6 Å². The highest BCUT2D eigenvalue weighted by Gasteiger charge is 2.09. The first-order valence-electron chi connectivity index (χ1n) is 7.14. The van der Waals surface area contributed by atoms with Gasteiger partial charge < -0.3 is 5.32 Å². The second kappa shape index (κ2) is 6.62. The molecular weight excluding hydrogens is 246 g/mol. The van der Waals surface area contributed by atoms with Gasteiger partial charge in [-0.1, -0.05) is 24.3 Å². The van der Waals surface area contributed by atoms with Crippen LogP contribution in [0.1, 0.15) is 33.9 Å². The molecule has 0 unspecified atom stereocenters. The number of hydrogen-bond donors (Lipinski definition) is 1. The Kier molecular flexibility index (Phi) is 4.85. The van der Waals surface area contributed by atoms with E-state index in [9.17, 15) is 0 Å². The standard InChI is InChI=1S/C17H23N3/c1-12-7-5-6-8-15(12)11-17-19-13(2)16(9-10-18-4)14(3)20-17/h5-8,18H,9-11H2,1-4H3. The summed E-state index contributed by atoms with van der Waals surface area (Å²) in [5, 5.41) is 3.18. The van der Waals surface area contributed by atoms with Crippen molar-refractivity contribution in [2.45, 2.75) is 33.6 Å². The van der Waals surface area contributed by atoms with E-state index in [4.69, 9.17) is 0 Å². The maximum absolute atomic E-state index is 4.68. The van der Waals surface area contributed by atoms with Gasteiger partial charge in [0.15, 0.2) is 0 Å². The van der Waals surface area contributed by atoms with E-state index in [1.807, 2.05) is 7.05 Å². The fraction of sp³-hybridized carbons (Fsp3) is 0.412. The molecule has 1 aromatic carbocycles. The van der Waals surface area contributed by atoms with Gasteiger partial charge in [0.1, 0.15) is 5.82 Å². The average molecular weight is 269 g/mol. The van der Waals surface area contributed by atoms with E-state index in [-0.39, 0.29) is 0 Å². The molecule has 0 atom stereocenters. The minimum atomic E-state index is 0.806. The van der Waals surface area contributed by atoms with Crippen molar-refractivity contribution in [2.75, 3.05) is 13.6 Å². The second-order valence-electron chi connectivity index (χ2n) is 5.25. The lowest BCUT2D eigenvalue weighted by Crippen LogP contribution is -2.14. The van der Waals surface area contributed by atoms with Crippen molar-refractivity contribution >= 4 is 0 Å². The SMILES string of the molecule is CNCCc1c(C)nc(Cc2ccccc2C)nc1C. The molecular formula is C17H23N3. The molecule has 20 heavy (non-hydrogen) atoms. The molecule has 0 bridgehead atoms. The van der Waals surface area contributed by atoms with E-state index in [1.54, 1.807) is 0 Å². The van der Waals surface area contributed by atoms with E-state index >= 15 is 0 Å². The van der Waals surface area contributed by atoms with Gasteiger partial charge >= 0.3 is 0 Å². The van der Waals surface area contributed by atoms with Gasteiger partial charge in [0.05, 0.1) is 0 Å². The summed E-state index contributed by atoms with van der Waals surface area (Å²) in [4.78, 5) is 9.37. The quantitative estimate of drug-likeness (QED) is 0.907. The molecule has 0 saturated carbocycles. The zero-order valence-electron chi connectivity index (χ0n) is 12.8. The van der Waals surface area contributed by atoms with Crippen LogP contribution >= 0.6 is 0 Å². The first kappa shape index (κ1) is 14.7. The maximum Gasteiger partial charge on any atom is 0.133 e. The molecule has 0 aliphatic rings. The zero-order valence-corrected chi connectivity index (χ0v) is 12.8. The maximum atomic E-state index is 4.68. The first-order valence-corrected chi connectivity index (χ1v) is 7.14. The Bertz CT molecular complexity index is 568. The van der Waals surface area contributed by atoms with Crippen LogP contribution in [0.4, 0.5) is 0 Å². The molecule has 0 radical (unpaired) electrons. The van der Waals surface area contributed by atoms with Gasteiger partial charge in [-0.05, 0) is 57.5 Å². The summed E-state index contributed by atoms with van der Waals surface area (Å²) in [6, 6.07) is 8.43. The topological polar surface area (TPSA) is 37.8 Å². The van der Waals surface area contributed by atoms with Crippen molar-refractivity contribution in [1.29, 1.82) is 0 Å². The van der Waals surface area contributed by atoms with Crippen molar-refractivity contribution in [3.8, 4) is 0 Å². The number of nitrogens with zero attached hydrogens (tertiary/aromatic N) is 2. The molecule has 2 rings (SSSR count). The largest absolute Gasteiger partial charge is 0.319 e. The van der Waals surface area contributed by atoms with Crippen molar-refractivity contribution in [1.82, 2.24) is 15.3 Å². The number of aromatic nitrogens is 2. The molecule has 0 amide bonds. The van der Waals surface area contributed by atoms with Gasteiger partial charge in [-0.25, -0.2) is 9.97 Å². The Morgan fingerprint density at radius 3 is 2.25 bits per heavy atom. The number of hydrogen-bond acceptors (Lipinski definition) is 3. The predicted molar refractivity (Wildman–Crippen MR) is 83.1 cm³/mol. The Morgan fingerprint density at radius 2 is 1.65 bits per heavy atom. The summed E-state index contributed by atoms with van der Waals surface area (Å²) in [5.41, 5.74) is 6.08. The minimum absolute atomic E-state index is 0.806. The highest BCUT2D eigenvalue weighted by Crippen LogP contribution is 2.15. The van der Waals surface area contributed by atoms with E-state index < -0.39 is 0 Å². The molecule has 0 aliphatic heterocycles. The van der Waals surface area contributed by atoms with Gasteiger partial charge in [-0.15, -0.1) is 0 Å². The molecule has 0 saturated heterocycles. The van der Waals surface area contributed by atoms with Gasteiger partial charge in [0.25, 0.3) is 0 Å². The summed E-state index contributed by atoms with van der Waals surface area (Å²) >= 11 is 0. The fourth-order valence-corrected chi connectivity index (χ4v) is 2.48. The molecule has 0 fully saturated rings. The van der Waals surface area contributed by atoms with Crippen molar-refractivity contribution < 1.29 is 0 Å². The number of rotatable bonds is 5. The van der Waals surface area contributed by atoms with Gasteiger partial charge in [-0.2, -0.15) is 0 Å². The Labute approximate surface area is 121 Å². The summed E-state index contributed by atoms with van der Waals surface area (Å²) in [6.07, 6.45) is 1.79. The third kappa shape index (κ3) is 3.42. The predicted octanol–water partition coefficient (Wildman–Crippen LogP) is 2.75. The van der Waals surface area contributed by atoms with Crippen LogP contribution in [0, 0.1) is 20.8 Å². The summed E-state index contributed by atoms with van der Waals surface area (Å²) in [6.45, 7) is 7.26. The molecule has 106 valence electrons. The number of benzene rings is 1. The highest BCUT2D eigenvalue weighted by atomic mass is 14.9. The van der Waals surface area contributed by atoms with Gasteiger partial charge in [0.2, 0.25) is 0 Å². The van der Waals surface area contributed by atoms with Gasteiger partial charge in [-0.3, -0.25) is 0 Å². The summed E-state index contributed by atoms with van der Waals surface area (Å²) < 4.78 is 0. The van der Waals surface area contributed by atoms with Crippen LogP contribution in [0.2, 0.25) is 0 Å². The number of likely N-dealkylation sites (N-methyl/N-ethyl adjacent to an activating group) is 1. The van der Waals surface area contributed by atoms with Crippen molar-refractivity contribution in [2.24, 2.45) is 0 Å². The van der Waals surface area contributed by atoms with Crippen LogP contribution in [0.25, 0.3) is 0 Å². The Balaban J connectivity index is 2.24. The number of nitrogens with one attached hydrogen (secondary N) is 1. The molecule has 3 heteroatoms. The smallest absolute Gasteiger partial charge is 0.133 e. The first-order chi connectivity index (χ1) is 9.61. The zero-order chi connectivity index (χ0) is 14.5. The van der Waals surface area contributed by atoms with E-state index in [2.05, 4.69) is 60.3 Å². The lowest BCUT2D eigenvalue weighted by Gasteiger charge is -2.11. The van der Waals surface area contributed by atoms with Crippen molar-refractivity contribution in [3.05, 3.63) is 58.2 Å². The average Bonchev–Trinajstić information content (AvgIpc) is 2.41. The number of aryl methyl sites for hydroxylation is 3. The summed E-state index contributed by atoms with van der Waals surface area (Å²) in [7, 11) is 1.97. The lowest BCUT2D eigenvalue weighted by molar-refractivity contribution is 0.766. The van der Waals surface area contributed by atoms with Crippen LogP contribution in [-0.4, -0.2) is 23.6 Å². The van der Waals surface area contributed by atoms with E-state index in [0.29, 0.717) is 0 Å². The van der Waals surface area contributed by atoms with Gasteiger partial charge in [0, 0.05) is 17.8 Å². The van der Waals surface area contributed by atoms with Crippen LogP contribution in [0.3, 0.4) is 0 Å². The second-order valence-corrected chi connectivity index (χ2v) is 5.25. The van der Waals surface area contributed by atoms with Crippen LogP contribution in [0.5, 0.6) is 0 Å². The van der Waals surface area contributed by atoms with Crippen LogP contribution in [-0.2, 0) is 12.8 Å². The molecule has 1 aromatic heterocycles. The van der Waals surface area contributed by atoms with Crippen molar-refractivity contribution in [3.63, 3.8) is 0 Å². The lowest BCUT2D eigenvalue weighted by atomic mass is 10.0. The van der Waals surface area contributed by atoms with Crippen LogP contribution < -0.4 is 5.32 Å². The summed E-state index contributed by atoms with van der Waals surface area (Å²) in [5.74, 6) is 0.919. The third-order valence-corrected chi connectivity index (χ3v) is 3.70. The molecule has 3 nitrogen and oxygen atoms in total.